The molecule has 3 rings (SSSR count). The number of pyridine rings is 1. The van der Waals surface area contributed by atoms with Gasteiger partial charge in [0.05, 0.1) is 12.2 Å². The highest BCUT2D eigenvalue weighted by atomic mass is 19.4. The van der Waals surface area contributed by atoms with Crippen molar-refractivity contribution in [2.75, 3.05) is 0 Å². The van der Waals surface area contributed by atoms with E-state index in [2.05, 4.69) is 10.4 Å². The quantitative estimate of drug-likeness (QED) is 0.877. The molecule has 0 aromatic carbocycles. The van der Waals surface area contributed by atoms with Crippen molar-refractivity contribution in [2.45, 2.75) is 31.5 Å². The van der Waals surface area contributed by atoms with Crippen molar-refractivity contribution in [3.63, 3.8) is 0 Å². The third-order valence-corrected chi connectivity index (χ3v) is 4.14. The first kappa shape index (κ1) is 16.3. The van der Waals surface area contributed by atoms with Crippen molar-refractivity contribution in [1.29, 1.82) is 0 Å². The van der Waals surface area contributed by atoms with Crippen LogP contribution in [0.1, 0.15) is 46.2 Å². The summed E-state index contributed by atoms with van der Waals surface area (Å²) in [7, 11) is 1.81. The summed E-state index contributed by atoms with van der Waals surface area (Å²) in [4.78, 5) is 25.8. The molecule has 2 N–H and O–H groups in total. The zero-order valence-corrected chi connectivity index (χ0v) is 12.8. The van der Waals surface area contributed by atoms with Gasteiger partial charge in [0.1, 0.15) is 11.3 Å². The maximum atomic E-state index is 12.6. The normalized spacial score (nSPS) is 17.4. The number of nitrogens with zero attached hydrogens (tertiary/aromatic N) is 2. The summed E-state index contributed by atoms with van der Waals surface area (Å²) < 4.78 is 39.4. The van der Waals surface area contributed by atoms with E-state index in [0.29, 0.717) is 12.5 Å². The zero-order chi connectivity index (χ0) is 17.5. The molecule has 1 aliphatic carbocycles. The number of carbonyl (C=O) groups is 1. The second-order valence-corrected chi connectivity index (χ2v) is 5.70. The fourth-order valence-electron chi connectivity index (χ4n) is 2.91. The summed E-state index contributed by atoms with van der Waals surface area (Å²) in [6.07, 6.45) is -0.624. The molecule has 6 nitrogen and oxygen atoms in total. The van der Waals surface area contributed by atoms with Gasteiger partial charge in [0.25, 0.3) is 11.5 Å². The van der Waals surface area contributed by atoms with E-state index in [4.69, 9.17) is 0 Å². The molecule has 0 saturated heterocycles. The number of aromatic nitrogens is 3. The number of halogens is 3. The van der Waals surface area contributed by atoms with Gasteiger partial charge in [-0.05, 0) is 31.4 Å². The number of alkyl halides is 3. The fraction of sp³-hybridized carbons (Fsp3) is 0.400. The third-order valence-electron chi connectivity index (χ3n) is 4.14. The van der Waals surface area contributed by atoms with Crippen LogP contribution in [0.2, 0.25) is 0 Å². The molecular formula is C15H15F3N4O2. The van der Waals surface area contributed by atoms with Crippen molar-refractivity contribution < 1.29 is 18.0 Å². The van der Waals surface area contributed by atoms with Gasteiger partial charge >= 0.3 is 6.18 Å². The number of amides is 1. The molecule has 1 unspecified atom stereocenters. The zero-order valence-electron chi connectivity index (χ0n) is 12.8. The Morgan fingerprint density at radius 2 is 2.17 bits per heavy atom. The van der Waals surface area contributed by atoms with Gasteiger partial charge in [-0.1, -0.05) is 0 Å². The molecule has 1 aliphatic rings. The number of hydrogen-bond donors (Lipinski definition) is 2. The Bertz CT molecular complexity index is 838. The van der Waals surface area contributed by atoms with E-state index in [-0.39, 0.29) is 11.6 Å². The molecule has 1 atom stereocenters. The minimum atomic E-state index is -4.66. The van der Waals surface area contributed by atoms with E-state index >= 15 is 0 Å². The monoisotopic (exact) mass is 340 g/mol. The van der Waals surface area contributed by atoms with E-state index in [0.717, 1.165) is 30.2 Å². The average molecular weight is 340 g/mol. The van der Waals surface area contributed by atoms with Gasteiger partial charge in [-0.3, -0.25) is 14.3 Å². The van der Waals surface area contributed by atoms with Gasteiger partial charge in [0, 0.05) is 18.3 Å². The maximum Gasteiger partial charge on any atom is 0.431 e. The van der Waals surface area contributed by atoms with Gasteiger partial charge in [-0.15, -0.1) is 0 Å². The van der Waals surface area contributed by atoms with E-state index in [1.807, 2.05) is 7.05 Å². The first-order valence-corrected chi connectivity index (χ1v) is 7.39. The van der Waals surface area contributed by atoms with E-state index in [1.165, 1.54) is 0 Å². The van der Waals surface area contributed by atoms with Crippen LogP contribution >= 0.6 is 0 Å². The third kappa shape index (κ3) is 2.93. The molecule has 1 amide bonds. The lowest BCUT2D eigenvalue weighted by Gasteiger charge is -2.23. The lowest BCUT2D eigenvalue weighted by atomic mass is 9.93. The number of rotatable bonds is 2. The molecule has 2 aromatic rings. The highest BCUT2D eigenvalue weighted by molar-refractivity contribution is 5.94. The van der Waals surface area contributed by atoms with Crippen molar-refractivity contribution in [3.05, 3.63) is 51.2 Å². The van der Waals surface area contributed by atoms with Crippen LogP contribution in [-0.4, -0.2) is 20.7 Å². The summed E-state index contributed by atoms with van der Waals surface area (Å²) in [6, 6.07) is 1.27. The van der Waals surface area contributed by atoms with Crippen LogP contribution in [0, 0.1) is 0 Å². The van der Waals surface area contributed by atoms with Crippen molar-refractivity contribution >= 4 is 5.91 Å². The smallest absolute Gasteiger partial charge is 0.345 e. The molecule has 24 heavy (non-hydrogen) atoms. The Hall–Kier alpha value is -2.58. The highest BCUT2D eigenvalue weighted by Gasteiger charge is 2.32. The number of aryl methyl sites for hydroxylation is 1. The second kappa shape index (κ2) is 5.81. The SMILES string of the molecule is Cn1ncc2c1CCCC2NC(=O)c1ccc(C(F)(F)F)[nH]c1=O. The molecule has 0 aliphatic heterocycles. The number of carbonyl (C=O) groups excluding carboxylic acids is 1. The van der Waals surface area contributed by atoms with Crippen molar-refractivity contribution in [1.82, 2.24) is 20.1 Å². The minimum Gasteiger partial charge on any atom is -0.345 e. The van der Waals surface area contributed by atoms with Crippen LogP contribution in [0.25, 0.3) is 0 Å². The Morgan fingerprint density at radius 3 is 2.83 bits per heavy atom. The molecule has 2 aromatic heterocycles. The number of aromatic amines is 1. The van der Waals surface area contributed by atoms with Gasteiger partial charge in [-0.2, -0.15) is 18.3 Å². The van der Waals surface area contributed by atoms with Crippen LogP contribution in [-0.2, 0) is 19.6 Å². The van der Waals surface area contributed by atoms with Gasteiger partial charge in [0.15, 0.2) is 0 Å². The fourth-order valence-corrected chi connectivity index (χ4v) is 2.91. The van der Waals surface area contributed by atoms with E-state index in [1.54, 1.807) is 15.9 Å². The van der Waals surface area contributed by atoms with Gasteiger partial charge in [-0.25, -0.2) is 0 Å². The number of H-pyrrole nitrogens is 1. The molecule has 0 radical (unpaired) electrons. The highest BCUT2D eigenvalue weighted by Crippen LogP contribution is 2.29. The van der Waals surface area contributed by atoms with E-state index < -0.39 is 23.3 Å². The Kier molecular flexibility index (Phi) is 3.94. The predicted molar refractivity (Wildman–Crippen MR) is 78.4 cm³/mol. The van der Waals surface area contributed by atoms with Crippen LogP contribution in [0.3, 0.4) is 0 Å². The molecule has 0 saturated carbocycles. The minimum absolute atomic E-state index is 0.309. The first-order valence-electron chi connectivity index (χ1n) is 7.39. The lowest BCUT2D eigenvalue weighted by molar-refractivity contribution is -0.141. The van der Waals surface area contributed by atoms with E-state index in [9.17, 15) is 22.8 Å². The Morgan fingerprint density at radius 1 is 1.42 bits per heavy atom. The molecule has 2 heterocycles. The first-order chi connectivity index (χ1) is 11.3. The second-order valence-electron chi connectivity index (χ2n) is 5.70. The largest absolute Gasteiger partial charge is 0.431 e. The molecular weight excluding hydrogens is 325 g/mol. The van der Waals surface area contributed by atoms with Crippen molar-refractivity contribution in [3.8, 4) is 0 Å². The topological polar surface area (TPSA) is 79.8 Å². The summed E-state index contributed by atoms with van der Waals surface area (Å²) in [6.45, 7) is 0. The molecule has 0 fully saturated rings. The predicted octanol–water partition coefficient (Wildman–Crippen LogP) is 1.93. The molecule has 0 spiro atoms. The van der Waals surface area contributed by atoms with Gasteiger partial charge in [0.2, 0.25) is 0 Å². The number of fused-ring (bicyclic) bond motifs is 1. The maximum absolute atomic E-state index is 12.6. The summed E-state index contributed by atoms with van der Waals surface area (Å²) in [5.74, 6) is -0.702. The molecule has 9 heteroatoms. The number of nitrogens with one attached hydrogen (secondary N) is 2. The summed E-state index contributed by atoms with van der Waals surface area (Å²) in [5.41, 5.74) is -0.715. The van der Waals surface area contributed by atoms with Gasteiger partial charge < -0.3 is 10.3 Å². The van der Waals surface area contributed by atoms with Crippen molar-refractivity contribution in [2.24, 2.45) is 7.05 Å². The number of hydrogen-bond acceptors (Lipinski definition) is 3. The standard InChI is InChI=1S/C15H15F3N4O2/c1-22-11-4-2-3-10(9(11)7-19-22)20-13(23)8-5-6-12(15(16,17)18)21-14(8)24/h5-7,10H,2-4H2,1H3,(H,20,23)(H,21,24). The molecule has 128 valence electrons. The van der Waals surface area contributed by atoms with Crippen LogP contribution in [0.15, 0.2) is 23.1 Å². The van der Waals surface area contributed by atoms with Crippen LogP contribution < -0.4 is 10.9 Å². The summed E-state index contributed by atoms with van der Waals surface area (Å²) in [5, 5.41) is 6.87. The Labute approximate surface area is 134 Å². The lowest BCUT2D eigenvalue weighted by Crippen LogP contribution is -2.34. The average Bonchev–Trinajstić information content (AvgIpc) is 2.89. The Balaban J connectivity index is 1.83. The molecule has 0 bridgehead atoms. The summed E-state index contributed by atoms with van der Waals surface area (Å²) >= 11 is 0. The van der Waals surface area contributed by atoms with Crippen LogP contribution in [0.5, 0.6) is 0 Å². The van der Waals surface area contributed by atoms with Crippen LogP contribution in [0.4, 0.5) is 13.2 Å².